The Labute approximate surface area is 82.8 Å². The van der Waals surface area contributed by atoms with Gasteiger partial charge in [0.05, 0.1) is 0 Å². The molecule has 2 N–H and O–H groups in total. The molecule has 0 aromatic carbocycles. The maximum atomic E-state index is 5.63. The van der Waals surface area contributed by atoms with Gasteiger partial charge in [0.2, 0.25) is 0 Å². The van der Waals surface area contributed by atoms with E-state index in [2.05, 4.69) is 13.8 Å². The lowest BCUT2D eigenvalue weighted by Gasteiger charge is -2.05. The minimum Gasteiger partial charge on any atom is -0.381 e. The lowest BCUT2D eigenvalue weighted by molar-refractivity contribution is 0.126. The zero-order chi connectivity index (χ0) is 9.94. The normalized spacial score (nSPS) is 13.2. The van der Waals surface area contributed by atoms with Gasteiger partial charge >= 0.3 is 0 Å². The van der Waals surface area contributed by atoms with Gasteiger partial charge in [0, 0.05) is 19.3 Å². The van der Waals surface area contributed by atoms with Crippen molar-refractivity contribution in [2.45, 2.75) is 58.4 Å². The fraction of sp³-hybridized carbons (Fsp3) is 1.00. The van der Waals surface area contributed by atoms with Gasteiger partial charge in [0.25, 0.3) is 0 Å². The standard InChI is InChI=1S/C11H25NO/c1-3-4-6-9-13-10-7-5-8-11(2)12/h11H,3-10,12H2,1-2H3. The summed E-state index contributed by atoms with van der Waals surface area (Å²) in [5.74, 6) is 0. The molecule has 0 aromatic heterocycles. The van der Waals surface area contributed by atoms with Crippen molar-refractivity contribution < 1.29 is 4.74 Å². The first-order chi connectivity index (χ1) is 6.27. The first-order valence-electron chi connectivity index (χ1n) is 5.60. The minimum absolute atomic E-state index is 0.347. The van der Waals surface area contributed by atoms with Crippen LogP contribution in [0.1, 0.15) is 52.4 Å². The summed E-state index contributed by atoms with van der Waals surface area (Å²) in [6.07, 6.45) is 7.26. The van der Waals surface area contributed by atoms with E-state index in [1.165, 1.54) is 25.7 Å². The average molecular weight is 187 g/mol. The van der Waals surface area contributed by atoms with Crippen LogP contribution < -0.4 is 5.73 Å². The zero-order valence-electron chi connectivity index (χ0n) is 9.22. The lowest BCUT2D eigenvalue weighted by Crippen LogP contribution is -2.14. The summed E-state index contributed by atoms with van der Waals surface area (Å²) in [4.78, 5) is 0. The Morgan fingerprint density at radius 3 is 2.23 bits per heavy atom. The third kappa shape index (κ3) is 11.9. The van der Waals surface area contributed by atoms with Gasteiger partial charge in [-0.15, -0.1) is 0 Å². The first kappa shape index (κ1) is 12.9. The molecular weight excluding hydrogens is 162 g/mol. The van der Waals surface area contributed by atoms with E-state index >= 15 is 0 Å². The van der Waals surface area contributed by atoms with E-state index in [0.717, 1.165) is 26.1 Å². The monoisotopic (exact) mass is 187 g/mol. The van der Waals surface area contributed by atoms with Gasteiger partial charge in [-0.2, -0.15) is 0 Å². The Morgan fingerprint density at radius 1 is 1.08 bits per heavy atom. The highest BCUT2D eigenvalue weighted by Gasteiger charge is 1.94. The van der Waals surface area contributed by atoms with Crippen molar-refractivity contribution in [2.24, 2.45) is 5.73 Å². The van der Waals surface area contributed by atoms with Gasteiger partial charge in [-0.25, -0.2) is 0 Å². The van der Waals surface area contributed by atoms with Crippen LogP contribution in [0, 0.1) is 0 Å². The molecule has 0 rings (SSSR count). The van der Waals surface area contributed by atoms with E-state index in [1.54, 1.807) is 0 Å². The first-order valence-corrected chi connectivity index (χ1v) is 5.60. The minimum atomic E-state index is 0.347. The molecule has 2 heteroatoms. The molecule has 0 aliphatic rings. The molecule has 13 heavy (non-hydrogen) atoms. The molecule has 0 spiro atoms. The lowest BCUT2D eigenvalue weighted by atomic mass is 10.1. The maximum Gasteiger partial charge on any atom is 0.0466 e. The Kier molecular flexibility index (Phi) is 9.94. The van der Waals surface area contributed by atoms with Crippen LogP contribution in [0.25, 0.3) is 0 Å². The summed E-state index contributed by atoms with van der Waals surface area (Å²) < 4.78 is 5.48. The SMILES string of the molecule is CCCCCOCCCCC(C)N. The number of hydrogen-bond acceptors (Lipinski definition) is 2. The second-order valence-corrected chi connectivity index (χ2v) is 3.79. The van der Waals surface area contributed by atoms with Gasteiger partial charge < -0.3 is 10.5 Å². The zero-order valence-corrected chi connectivity index (χ0v) is 9.22. The molecule has 0 heterocycles. The highest BCUT2D eigenvalue weighted by atomic mass is 16.5. The number of nitrogens with two attached hydrogens (primary N) is 1. The molecule has 0 aliphatic carbocycles. The van der Waals surface area contributed by atoms with E-state index in [0.29, 0.717) is 6.04 Å². The Balaban J connectivity index is 2.84. The highest BCUT2D eigenvalue weighted by Crippen LogP contribution is 2.00. The van der Waals surface area contributed by atoms with Crippen LogP contribution in [-0.2, 0) is 4.74 Å². The second kappa shape index (κ2) is 10.0. The topological polar surface area (TPSA) is 35.2 Å². The Hall–Kier alpha value is -0.0800. The molecule has 0 radical (unpaired) electrons. The number of rotatable bonds is 9. The summed E-state index contributed by atoms with van der Waals surface area (Å²) in [7, 11) is 0. The second-order valence-electron chi connectivity index (χ2n) is 3.79. The van der Waals surface area contributed by atoms with Crippen molar-refractivity contribution in [3.63, 3.8) is 0 Å². The van der Waals surface area contributed by atoms with E-state index in [1.807, 2.05) is 0 Å². The highest BCUT2D eigenvalue weighted by molar-refractivity contribution is 4.52. The van der Waals surface area contributed by atoms with Gasteiger partial charge in [-0.3, -0.25) is 0 Å². The number of hydrogen-bond donors (Lipinski definition) is 1. The summed E-state index contributed by atoms with van der Waals surface area (Å²) >= 11 is 0. The summed E-state index contributed by atoms with van der Waals surface area (Å²) in [6, 6.07) is 0.347. The van der Waals surface area contributed by atoms with Crippen LogP contribution in [0.5, 0.6) is 0 Å². The molecule has 0 amide bonds. The van der Waals surface area contributed by atoms with E-state index in [4.69, 9.17) is 10.5 Å². The largest absolute Gasteiger partial charge is 0.381 e. The molecule has 0 saturated heterocycles. The summed E-state index contributed by atoms with van der Waals surface area (Å²) in [5.41, 5.74) is 5.63. The quantitative estimate of drug-likeness (QED) is 0.563. The number of unbranched alkanes of at least 4 members (excludes halogenated alkanes) is 3. The van der Waals surface area contributed by atoms with Crippen molar-refractivity contribution in [3.8, 4) is 0 Å². The van der Waals surface area contributed by atoms with Gasteiger partial charge in [0.15, 0.2) is 0 Å². The van der Waals surface area contributed by atoms with Crippen LogP contribution in [0.3, 0.4) is 0 Å². The third-order valence-electron chi connectivity index (χ3n) is 2.09. The van der Waals surface area contributed by atoms with E-state index in [-0.39, 0.29) is 0 Å². The molecule has 1 unspecified atom stereocenters. The predicted molar refractivity (Wildman–Crippen MR) is 57.8 cm³/mol. The van der Waals surface area contributed by atoms with Crippen molar-refractivity contribution in [1.29, 1.82) is 0 Å². The Bertz CT molecular complexity index is 94.1. The fourth-order valence-corrected chi connectivity index (χ4v) is 1.23. The summed E-state index contributed by atoms with van der Waals surface area (Å²) in [5, 5.41) is 0. The molecule has 80 valence electrons. The molecule has 0 aromatic rings. The Morgan fingerprint density at radius 2 is 1.69 bits per heavy atom. The molecule has 0 saturated carbocycles. The fourth-order valence-electron chi connectivity index (χ4n) is 1.23. The van der Waals surface area contributed by atoms with Crippen molar-refractivity contribution in [2.75, 3.05) is 13.2 Å². The van der Waals surface area contributed by atoms with Crippen molar-refractivity contribution in [1.82, 2.24) is 0 Å². The van der Waals surface area contributed by atoms with Crippen LogP contribution in [-0.4, -0.2) is 19.3 Å². The van der Waals surface area contributed by atoms with Gasteiger partial charge in [-0.05, 0) is 32.6 Å². The average Bonchev–Trinajstić information content (AvgIpc) is 2.09. The smallest absolute Gasteiger partial charge is 0.0466 e. The maximum absolute atomic E-state index is 5.63. The van der Waals surface area contributed by atoms with Crippen molar-refractivity contribution in [3.05, 3.63) is 0 Å². The molecule has 2 nitrogen and oxygen atoms in total. The molecule has 0 bridgehead atoms. The van der Waals surface area contributed by atoms with E-state index < -0.39 is 0 Å². The van der Waals surface area contributed by atoms with Crippen LogP contribution in [0.15, 0.2) is 0 Å². The van der Waals surface area contributed by atoms with Gasteiger partial charge in [0.1, 0.15) is 0 Å². The third-order valence-corrected chi connectivity index (χ3v) is 2.09. The molecule has 1 atom stereocenters. The van der Waals surface area contributed by atoms with Crippen LogP contribution in [0.2, 0.25) is 0 Å². The molecule has 0 aliphatic heterocycles. The van der Waals surface area contributed by atoms with Crippen molar-refractivity contribution >= 4 is 0 Å². The van der Waals surface area contributed by atoms with Gasteiger partial charge in [-0.1, -0.05) is 19.8 Å². The predicted octanol–water partition coefficient (Wildman–Crippen LogP) is 2.71. The molecular formula is C11H25NO. The number of ether oxygens (including phenoxy) is 1. The molecule has 0 fully saturated rings. The van der Waals surface area contributed by atoms with Crippen LogP contribution in [0.4, 0.5) is 0 Å². The summed E-state index contributed by atoms with van der Waals surface area (Å²) in [6.45, 7) is 6.12. The van der Waals surface area contributed by atoms with E-state index in [9.17, 15) is 0 Å². The van der Waals surface area contributed by atoms with Crippen LogP contribution >= 0.6 is 0 Å².